The van der Waals surface area contributed by atoms with E-state index in [0.29, 0.717) is 18.9 Å². The fourth-order valence-corrected chi connectivity index (χ4v) is 1.77. The maximum Gasteiger partial charge on any atom is 0.261 e. The molecular weight excluding hydrogens is 204 g/mol. The molecule has 1 rings (SSSR count). The Kier molecular flexibility index (Phi) is 6.05. The smallest absolute Gasteiger partial charge is 0.261 e. The molecular formula is C10H19F2NO2. The summed E-state index contributed by atoms with van der Waals surface area (Å²) < 4.78 is 33.5. The normalized spacial score (nSPS) is 20.8. The summed E-state index contributed by atoms with van der Waals surface area (Å²) in [4.78, 5) is 0. The second kappa shape index (κ2) is 7.09. The molecule has 0 aromatic rings. The van der Waals surface area contributed by atoms with Crippen molar-refractivity contribution < 1.29 is 18.3 Å². The molecule has 1 heterocycles. The SMILES string of the molecule is NC(CCOCC(F)F)C1CCOCC1. The third-order valence-corrected chi connectivity index (χ3v) is 2.71. The number of hydrogen-bond donors (Lipinski definition) is 1. The summed E-state index contributed by atoms with van der Waals surface area (Å²) in [5.41, 5.74) is 5.94. The maximum atomic E-state index is 11.7. The zero-order chi connectivity index (χ0) is 11.1. The molecule has 1 aliphatic rings. The van der Waals surface area contributed by atoms with Crippen LogP contribution in [0.4, 0.5) is 8.78 Å². The highest BCUT2D eigenvalue weighted by Gasteiger charge is 2.20. The van der Waals surface area contributed by atoms with Gasteiger partial charge in [0.05, 0.1) is 0 Å². The lowest BCUT2D eigenvalue weighted by Crippen LogP contribution is -2.35. The van der Waals surface area contributed by atoms with E-state index in [0.717, 1.165) is 26.1 Å². The topological polar surface area (TPSA) is 44.5 Å². The van der Waals surface area contributed by atoms with Gasteiger partial charge < -0.3 is 15.2 Å². The van der Waals surface area contributed by atoms with Crippen molar-refractivity contribution in [3.05, 3.63) is 0 Å². The Morgan fingerprint density at radius 1 is 1.33 bits per heavy atom. The van der Waals surface area contributed by atoms with E-state index >= 15 is 0 Å². The van der Waals surface area contributed by atoms with E-state index < -0.39 is 13.0 Å². The van der Waals surface area contributed by atoms with Gasteiger partial charge in [0.2, 0.25) is 0 Å². The van der Waals surface area contributed by atoms with Gasteiger partial charge in [-0.1, -0.05) is 0 Å². The second-order valence-electron chi connectivity index (χ2n) is 3.87. The molecule has 0 amide bonds. The molecule has 3 nitrogen and oxygen atoms in total. The summed E-state index contributed by atoms with van der Waals surface area (Å²) >= 11 is 0. The van der Waals surface area contributed by atoms with Crippen LogP contribution in [0, 0.1) is 5.92 Å². The Bertz CT molecular complexity index is 164. The summed E-state index contributed by atoms with van der Waals surface area (Å²) in [6, 6.07) is 0.0478. The molecule has 0 aromatic heterocycles. The van der Waals surface area contributed by atoms with Crippen molar-refractivity contribution in [3.63, 3.8) is 0 Å². The molecule has 2 N–H and O–H groups in total. The summed E-state index contributed by atoms with van der Waals surface area (Å²) in [6.45, 7) is 1.36. The monoisotopic (exact) mass is 223 g/mol. The molecule has 1 aliphatic heterocycles. The van der Waals surface area contributed by atoms with Crippen LogP contribution < -0.4 is 5.73 Å². The molecule has 1 unspecified atom stereocenters. The Hall–Kier alpha value is -0.260. The minimum absolute atomic E-state index is 0.0478. The Morgan fingerprint density at radius 2 is 2.00 bits per heavy atom. The van der Waals surface area contributed by atoms with Gasteiger partial charge in [0, 0.05) is 25.9 Å². The largest absolute Gasteiger partial charge is 0.381 e. The van der Waals surface area contributed by atoms with E-state index in [-0.39, 0.29) is 6.04 Å². The van der Waals surface area contributed by atoms with Crippen LogP contribution in [-0.4, -0.2) is 38.9 Å². The van der Waals surface area contributed by atoms with E-state index in [4.69, 9.17) is 15.2 Å². The highest BCUT2D eigenvalue weighted by Crippen LogP contribution is 2.19. The van der Waals surface area contributed by atoms with Crippen molar-refractivity contribution in [2.75, 3.05) is 26.4 Å². The van der Waals surface area contributed by atoms with Crippen LogP contribution in [0.5, 0.6) is 0 Å². The summed E-state index contributed by atoms with van der Waals surface area (Å²) in [6.07, 6.45) is 0.202. The maximum absolute atomic E-state index is 11.7. The van der Waals surface area contributed by atoms with E-state index in [1.807, 2.05) is 0 Å². The van der Waals surface area contributed by atoms with Crippen molar-refractivity contribution in [2.24, 2.45) is 11.7 Å². The molecule has 15 heavy (non-hydrogen) atoms. The number of halogens is 2. The Balaban J connectivity index is 2.04. The highest BCUT2D eigenvalue weighted by atomic mass is 19.3. The number of ether oxygens (including phenoxy) is 2. The van der Waals surface area contributed by atoms with Gasteiger partial charge in [0.25, 0.3) is 6.43 Å². The zero-order valence-electron chi connectivity index (χ0n) is 8.83. The average Bonchev–Trinajstić information content (AvgIpc) is 2.25. The van der Waals surface area contributed by atoms with Gasteiger partial charge in [-0.05, 0) is 25.2 Å². The van der Waals surface area contributed by atoms with E-state index in [9.17, 15) is 8.78 Å². The van der Waals surface area contributed by atoms with Gasteiger partial charge in [0.1, 0.15) is 6.61 Å². The Labute approximate surface area is 88.9 Å². The first-order valence-corrected chi connectivity index (χ1v) is 5.39. The van der Waals surface area contributed by atoms with Crippen LogP contribution in [0.1, 0.15) is 19.3 Å². The van der Waals surface area contributed by atoms with Gasteiger partial charge in [-0.25, -0.2) is 8.78 Å². The molecule has 90 valence electrons. The fraction of sp³-hybridized carbons (Fsp3) is 1.00. The van der Waals surface area contributed by atoms with Gasteiger partial charge in [-0.2, -0.15) is 0 Å². The lowest BCUT2D eigenvalue weighted by Gasteiger charge is -2.27. The third-order valence-electron chi connectivity index (χ3n) is 2.71. The third kappa shape index (κ3) is 5.39. The first-order chi connectivity index (χ1) is 7.20. The molecule has 1 atom stereocenters. The molecule has 0 saturated carbocycles. The molecule has 1 fully saturated rings. The van der Waals surface area contributed by atoms with Crippen molar-refractivity contribution in [1.29, 1.82) is 0 Å². The highest BCUT2D eigenvalue weighted by molar-refractivity contribution is 4.75. The van der Waals surface area contributed by atoms with Crippen molar-refractivity contribution in [1.82, 2.24) is 0 Å². The number of hydrogen-bond acceptors (Lipinski definition) is 3. The van der Waals surface area contributed by atoms with Crippen LogP contribution in [-0.2, 0) is 9.47 Å². The van der Waals surface area contributed by atoms with E-state index in [1.54, 1.807) is 0 Å². The van der Waals surface area contributed by atoms with Gasteiger partial charge in [-0.15, -0.1) is 0 Å². The lowest BCUT2D eigenvalue weighted by molar-refractivity contribution is 0.00971. The van der Waals surface area contributed by atoms with Gasteiger partial charge >= 0.3 is 0 Å². The van der Waals surface area contributed by atoms with E-state index in [2.05, 4.69) is 0 Å². The van der Waals surface area contributed by atoms with Crippen LogP contribution >= 0.6 is 0 Å². The molecule has 0 aromatic carbocycles. The van der Waals surface area contributed by atoms with Crippen LogP contribution in [0.2, 0.25) is 0 Å². The lowest BCUT2D eigenvalue weighted by atomic mass is 9.91. The van der Waals surface area contributed by atoms with E-state index in [1.165, 1.54) is 0 Å². The number of rotatable bonds is 6. The summed E-state index contributed by atoms with van der Waals surface area (Å²) in [5, 5.41) is 0. The van der Waals surface area contributed by atoms with Crippen molar-refractivity contribution in [3.8, 4) is 0 Å². The van der Waals surface area contributed by atoms with Gasteiger partial charge in [0.15, 0.2) is 0 Å². The van der Waals surface area contributed by atoms with Crippen LogP contribution in [0.25, 0.3) is 0 Å². The quantitative estimate of drug-likeness (QED) is 0.692. The zero-order valence-corrected chi connectivity index (χ0v) is 8.83. The minimum atomic E-state index is -2.38. The molecule has 5 heteroatoms. The molecule has 0 aliphatic carbocycles. The van der Waals surface area contributed by atoms with Gasteiger partial charge in [-0.3, -0.25) is 0 Å². The fourth-order valence-electron chi connectivity index (χ4n) is 1.77. The Morgan fingerprint density at radius 3 is 2.60 bits per heavy atom. The van der Waals surface area contributed by atoms with Crippen molar-refractivity contribution in [2.45, 2.75) is 31.7 Å². The van der Waals surface area contributed by atoms with Crippen LogP contribution in [0.3, 0.4) is 0 Å². The first-order valence-electron chi connectivity index (χ1n) is 5.39. The summed E-state index contributed by atoms with van der Waals surface area (Å²) in [5.74, 6) is 0.453. The minimum Gasteiger partial charge on any atom is -0.381 e. The first kappa shape index (κ1) is 12.8. The number of nitrogens with two attached hydrogens (primary N) is 1. The van der Waals surface area contributed by atoms with Crippen molar-refractivity contribution >= 4 is 0 Å². The predicted octanol–water partition coefficient (Wildman–Crippen LogP) is 1.41. The second-order valence-corrected chi connectivity index (χ2v) is 3.87. The molecule has 1 saturated heterocycles. The molecule has 0 spiro atoms. The summed E-state index contributed by atoms with van der Waals surface area (Å²) in [7, 11) is 0. The number of alkyl halides is 2. The van der Waals surface area contributed by atoms with Crippen LogP contribution in [0.15, 0.2) is 0 Å². The average molecular weight is 223 g/mol. The predicted molar refractivity (Wildman–Crippen MR) is 53.0 cm³/mol. The molecule has 0 radical (unpaired) electrons. The molecule has 0 bridgehead atoms. The standard InChI is InChI=1S/C10H19F2NO2/c11-10(12)7-15-6-3-9(13)8-1-4-14-5-2-8/h8-10H,1-7,13H2.